The molecule has 0 aromatic heterocycles. The van der Waals surface area contributed by atoms with Crippen LogP contribution in [0.15, 0.2) is 23.3 Å². The van der Waals surface area contributed by atoms with Gasteiger partial charge in [0.15, 0.2) is 18.1 Å². The number of rotatable bonds is 6. The Morgan fingerprint density at radius 3 is 2.74 bits per heavy atom. The minimum absolute atomic E-state index is 0.273. The lowest BCUT2D eigenvalue weighted by atomic mass is 10.2. The number of amides is 1. The van der Waals surface area contributed by atoms with E-state index in [9.17, 15) is 9.59 Å². The Morgan fingerprint density at radius 2 is 2.16 bits per heavy atom. The number of hydrazone groups is 1. The zero-order valence-corrected chi connectivity index (χ0v) is 10.5. The van der Waals surface area contributed by atoms with Crippen molar-refractivity contribution in [3.63, 3.8) is 0 Å². The van der Waals surface area contributed by atoms with Crippen LogP contribution in [0.5, 0.6) is 11.5 Å². The summed E-state index contributed by atoms with van der Waals surface area (Å²) in [4.78, 5) is 21.1. The number of nitrogens with one attached hydrogen (secondary N) is 1. The Morgan fingerprint density at radius 1 is 1.42 bits per heavy atom. The molecule has 0 heterocycles. The van der Waals surface area contributed by atoms with Crippen LogP contribution >= 0.6 is 0 Å². The van der Waals surface area contributed by atoms with E-state index in [1.54, 1.807) is 18.2 Å². The molecule has 7 nitrogen and oxygen atoms in total. The van der Waals surface area contributed by atoms with Crippen LogP contribution in [0.2, 0.25) is 0 Å². The van der Waals surface area contributed by atoms with Crippen molar-refractivity contribution in [2.75, 3.05) is 13.7 Å². The molecule has 7 heteroatoms. The van der Waals surface area contributed by atoms with Gasteiger partial charge in [-0.1, -0.05) is 0 Å². The van der Waals surface area contributed by atoms with Gasteiger partial charge in [-0.2, -0.15) is 5.10 Å². The van der Waals surface area contributed by atoms with Crippen LogP contribution < -0.4 is 14.9 Å². The number of benzene rings is 1. The summed E-state index contributed by atoms with van der Waals surface area (Å²) in [6.45, 7) is 0.899. The van der Waals surface area contributed by atoms with Gasteiger partial charge in [-0.3, -0.25) is 4.79 Å². The van der Waals surface area contributed by atoms with Gasteiger partial charge in [0.25, 0.3) is 0 Å². The van der Waals surface area contributed by atoms with E-state index in [0.29, 0.717) is 17.1 Å². The van der Waals surface area contributed by atoms with Crippen molar-refractivity contribution in [3.05, 3.63) is 23.8 Å². The highest BCUT2D eigenvalue weighted by Gasteiger charge is 2.07. The largest absolute Gasteiger partial charge is 0.493 e. The summed E-state index contributed by atoms with van der Waals surface area (Å²) in [6, 6.07) is 4.84. The number of carboxylic acids is 1. The molecule has 1 amide bonds. The summed E-state index contributed by atoms with van der Waals surface area (Å²) < 4.78 is 10.1. The molecular weight excluding hydrogens is 252 g/mol. The number of ether oxygens (including phenoxy) is 2. The Hall–Kier alpha value is -2.57. The van der Waals surface area contributed by atoms with E-state index >= 15 is 0 Å². The molecule has 0 spiro atoms. The summed E-state index contributed by atoms with van der Waals surface area (Å²) in [7, 11) is 1.44. The van der Waals surface area contributed by atoms with Crippen molar-refractivity contribution >= 4 is 18.1 Å². The molecule has 1 rings (SSSR count). The summed E-state index contributed by atoms with van der Waals surface area (Å²) in [5.41, 5.74) is 2.94. The Kier molecular flexibility index (Phi) is 5.34. The van der Waals surface area contributed by atoms with Gasteiger partial charge in [0.1, 0.15) is 0 Å². The standard InChI is InChI=1S/C12H14N2O5/c1-8(15)14-13-6-9-3-4-10(11(5-9)18-2)19-7-12(16)17/h3-6H,7H2,1-2H3,(H,14,15)(H,16,17)/b13-6-. The average Bonchev–Trinajstić information content (AvgIpc) is 2.36. The number of methoxy groups -OCH3 is 1. The molecule has 2 N–H and O–H groups in total. The molecule has 0 fully saturated rings. The molecule has 1 aromatic rings. The third-order valence-electron chi connectivity index (χ3n) is 1.97. The van der Waals surface area contributed by atoms with Crippen LogP contribution in [-0.2, 0) is 9.59 Å². The molecule has 0 aliphatic carbocycles. The van der Waals surface area contributed by atoms with Crippen LogP contribution in [-0.4, -0.2) is 36.9 Å². The Balaban J connectivity index is 2.80. The summed E-state index contributed by atoms with van der Waals surface area (Å²) >= 11 is 0. The van der Waals surface area contributed by atoms with Gasteiger partial charge in [-0.05, 0) is 23.8 Å². The molecule has 0 radical (unpaired) electrons. The molecule has 0 bridgehead atoms. The molecule has 19 heavy (non-hydrogen) atoms. The number of carbonyl (C=O) groups excluding carboxylic acids is 1. The summed E-state index contributed by atoms with van der Waals surface area (Å²) in [6.07, 6.45) is 1.44. The van der Waals surface area contributed by atoms with Gasteiger partial charge in [-0.15, -0.1) is 0 Å². The van der Waals surface area contributed by atoms with Gasteiger partial charge in [0.2, 0.25) is 5.91 Å². The molecule has 0 saturated heterocycles. The zero-order chi connectivity index (χ0) is 14.3. The van der Waals surface area contributed by atoms with Crippen molar-refractivity contribution in [3.8, 4) is 11.5 Å². The maximum Gasteiger partial charge on any atom is 0.341 e. The second-order valence-electron chi connectivity index (χ2n) is 3.52. The predicted octanol–water partition coefficient (Wildman–Crippen LogP) is 0.629. The molecule has 102 valence electrons. The van der Waals surface area contributed by atoms with Gasteiger partial charge in [-0.25, -0.2) is 10.2 Å². The third kappa shape index (κ3) is 5.07. The van der Waals surface area contributed by atoms with Crippen molar-refractivity contribution in [2.45, 2.75) is 6.92 Å². The van der Waals surface area contributed by atoms with Crippen LogP contribution in [0, 0.1) is 0 Å². The number of hydrogen-bond donors (Lipinski definition) is 2. The zero-order valence-electron chi connectivity index (χ0n) is 10.5. The lowest BCUT2D eigenvalue weighted by Gasteiger charge is -2.09. The minimum atomic E-state index is -1.07. The van der Waals surface area contributed by atoms with Gasteiger partial charge in [0, 0.05) is 6.92 Å². The van der Waals surface area contributed by atoms with Crippen molar-refractivity contribution in [1.82, 2.24) is 5.43 Å². The second kappa shape index (κ2) is 7.00. The van der Waals surface area contributed by atoms with E-state index in [-0.39, 0.29) is 5.91 Å². The van der Waals surface area contributed by atoms with Crippen molar-refractivity contribution < 1.29 is 24.2 Å². The predicted molar refractivity (Wildman–Crippen MR) is 67.5 cm³/mol. The first-order chi connectivity index (χ1) is 9.02. The number of carboxylic acid groups (broad SMARTS) is 1. The topological polar surface area (TPSA) is 97.2 Å². The quantitative estimate of drug-likeness (QED) is 0.581. The molecular formula is C12H14N2O5. The van der Waals surface area contributed by atoms with E-state index in [1.165, 1.54) is 20.2 Å². The van der Waals surface area contributed by atoms with E-state index in [2.05, 4.69) is 10.5 Å². The maximum absolute atomic E-state index is 10.6. The SMILES string of the molecule is COc1cc(/C=N\NC(C)=O)ccc1OCC(=O)O. The number of hydrogen-bond acceptors (Lipinski definition) is 5. The normalized spacial score (nSPS) is 10.2. The first kappa shape index (κ1) is 14.5. The average molecular weight is 266 g/mol. The summed E-state index contributed by atoms with van der Waals surface area (Å²) in [5.74, 6) is -0.641. The van der Waals surface area contributed by atoms with Crippen LogP contribution in [0.1, 0.15) is 12.5 Å². The smallest absolute Gasteiger partial charge is 0.341 e. The highest BCUT2D eigenvalue weighted by Crippen LogP contribution is 2.27. The number of aliphatic carboxylic acids is 1. The highest BCUT2D eigenvalue weighted by molar-refractivity contribution is 5.82. The molecule has 0 saturated carbocycles. The van der Waals surface area contributed by atoms with Crippen LogP contribution in [0.25, 0.3) is 0 Å². The summed E-state index contributed by atoms with van der Waals surface area (Å²) in [5, 5.41) is 12.2. The van der Waals surface area contributed by atoms with Gasteiger partial charge in [0.05, 0.1) is 13.3 Å². The Labute approximate surface area is 109 Å². The first-order valence-corrected chi connectivity index (χ1v) is 5.35. The first-order valence-electron chi connectivity index (χ1n) is 5.35. The molecule has 0 aliphatic rings. The lowest BCUT2D eigenvalue weighted by molar-refractivity contribution is -0.139. The number of nitrogens with zero attached hydrogens (tertiary/aromatic N) is 1. The highest BCUT2D eigenvalue weighted by atomic mass is 16.5. The monoisotopic (exact) mass is 266 g/mol. The molecule has 1 aromatic carbocycles. The van der Waals surface area contributed by atoms with Gasteiger partial charge < -0.3 is 14.6 Å². The fourth-order valence-electron chi connectivity index (χ4n) is 1.22. The minimum Gasteiger partial charge on any atom is -0.493 e. The fourth-order valence-corrected chi connectivity index (χ4v) is 1.22. The van der Waals surface area contributed by atoms with Crippen molar-refractivity contribution in [1.29, 1.82) is 0 Å². The van der Waals surface area contributed by atoms with E-state index in [4.69, 9.17) is 14.6 Å². The fraction of sp³-hybridized carbons (Fsp3) is 0.250. The van der Waals surface area contributed by atoms with E-state index in [1.807, 2.05) is 0 Å². The van der Waals surface area contributed by atoms with E-state index in [0.717, 1.165) is 0 Å². The molecule has 0 aliphatic heterocycles. The van der Waals surface area contributed by atoms with Crippen molar-refractivity contribution in [2.24, 2.45) is 5.10 Å². The molecule has 0 unspecified atom stereocenters. The van der Waals surface area contributed by atoms with Crippen LogP contribution in [0.3, 0.4) is 0 Å². The van der Waals surface area contributed by atoms with E-state index < -0.39 is 12.6 Å². The van der Waals surface area contributed by atoms with Gasteiger partial charge >= 0.3 is 5.97 Å². The third-order valence-corrected chi connectivity index (χ3v) is 1.97. The van der Waals surface area contributed by atoms with Crippen LogP contribution in [0.4, 0.5) is 0 Å². The lowest BCUT2D eigenvalue weighted by Crippen LogP contribution is -2.12. The molecule has 0 atom stereocenters. The maximum atomic E-state index is 10.6. The Bertz CT molecular complexity index is 499. The number of carbonyl (C=O) groups is 2. The second-order valence-corrected chi connectivity index (χ2v) is 3.52.